The third-order valence-corrected chi connectivity index (χ3v) is 2.73. The second-order valence-electron chi connectivity index (χ2n) is 3.39. The Balaban J connectivity index is 2.11. The number of nitrogens with zero attached hydrogens (tertiary/aromatic N) is 1. The molecule has 2 rings (SSSR count). The molecule has 5 heteroatoms. The number of hydrogen-bond acceptors (Lipinski definition) is 4. The topological polar surface area (TPSA) is 54.6 Å². The largest absolute Gasteiger partial charge is 0.459 e. The molecular weight excluding hydrogens is 248 g/mol. The van der Waals surface area contributed by atoms with Crippen LogP contribution in [0.5, 0.6) is 0 Å². The second kappa shape index (κ2) is 6.07. The molecule has 18 heavy (non-hydrogen) atoms. The van der Waals surface area contributed by atoms with Crippen LogP contribution in [0.1, 0.15) is 10.6 Å². The lowest BCUT2D eigenvalue weighted by molar-refractivity contribution is 0.0951. The van der Waals surface area contributed by atoms with Crippen LogP contribution in [0, 0.1) is 0 Å². The van der Waals surface area contributed by atoms with Crippen LogP contribution in [0.4, 0.5) is 5.69 Å². The number of furan rings is 1. The van der Waals surface area contributed by atoms with E-state index in [1.807, 2.05) is 36.6 Å². The summed E-state index contributed by atoms with van der Waals surface area (Å²) in [7, 11) is 0. The number of benzene rings is 1. The molecule has 4 nitrogen and oxygen atoms in total. The summed E-state index contributed by atoms with van der Waals surface area (Å²) in [6.45, 7) is 0. The lowest BCUT2D eigenvalue weighted by atomic mass is 10.3. The number of rotatable bonds is 2. The lowest BCUT2D eigenvalue weighted by Crippen LogP contribution is -2.27. The highest BCUT2D eigenvalue weighted by molar-refractivity contribution is 8.13. The van der Waals surface area contributed by atoms with Crippen molar-refractivity contribution in [2.24, 2.45) is 4.99 Å². The molecule has 0 radical (unpaired) electrons. The first-order valence-corrected chi connectivity index (χ1v) is 6.54. The van der Waals surface area contributed by atoms with Gasteiger partial charge in [0.1, 0.15) is 0 Å². The Hall–Kier alpha value is -2.01. The average Bonchev–Trinajstić information content (AvgIpc) is 2.93. The molecule has 1 heterocycles. The molecule has 0 fully saturated rings. The smallest absolute Gasteiger partial charge is 0.292 e. The van der Waals surface area contributed by atoms with E-state index in [1.54, 1.807) is 12.1 Å². The summed E-state index contributed by atoms with van der Waals surface area (Å²) in [6.07, 6.45) is 3.31. The fourth-order valence-electron chi connectivity index (χ4n) is 1.31. The highest BCUT2D eigenvalue weighted by Crippen LogP contribution is 2.12. The normalized spacial score (nSPS) is 11.3. The van der Waals surface area contributed by atoms with Gasteiger partial charge in [0.2, 0.25) is 0 Å². The third kappa shape index (κ3) is 3.24. The minimum Gasteiger partial charge on any atom is -0.459 e. The highest BCUT2D eigenvalue weighted by Gasteiger charge is 2.10. The summed E-state index contributed by atoms with van der Waals surface area (Å²) in [4.78, 5) is 16.1. The van der Waals surface area contributed by atoms with Gasteiger partial charge in [-0.05, 0) is 30.5 Å². The second-order valence-corrected chi connectivity index (χ2v) is 4.18. The van der Waals surface area contributed by atoms with E-state index < -0.39 is 0 Å². The van der Waals surface area contributed by atoms with Gasteiger partial charge in [-0.1, -0.05) is 30.0 Å². The molecule has 1 aromatic heterocycles. The maximum atomic E-state index is 11.8. The number of nitrogens with one attached hydrogen (secondary N) is 1. The Labute approximate surface area is 109 Å². The van der Waals surface area contributed by atoms with Crippen molar-refractivity contribution in [3.8, 4) is 0 Å². The maximum absolute atomic E-state index is 11.8. The van der Waals surface area contributed by atoms with Gasteiger partial charge in [-0.3, -0.25) is 10.1 Å². The zero-order chi connectivity index (χ0) is 12.8. The zero-order valence-corrected chi connectivity index (χ0v) is 10.6. The molecule has 0 saturated heterocycles. The maximum Gasteiger partial charge on any atom is 0.292 e. The number of thioether (sulfide) groups is 1. The molecule has 0 spiro atoms. The van der Waals surface area contributed by atoms with Crippen molar-refractivity contribution in [3.05, 3.63) is 54.5 Å². The number of amides is 1. The quantitative estimate of drug-likeness (QED) is 0.667. The van der Waals surface area contributed by atoms with Crippen molar-refractivity contribution in [1.29, 1.82) is 0 Å². The molecule has 0 saturated carbocycles. The van der Waals surface area contributed by atoms with E-state index in [9.17, 15) is 4.79 Å². The number of carbonyl (C=O) groups is 1. The van der Waals surface area contributed by atoms with Crippen LogP contribution in [0.15, 0.2) is 58.1 Å². The Morgan fingerprint density at radius 1 is 1.22 bits per heavy atom. The fourth-order valence-corrected chi connectivity index (χ4v) is 1.70. The lowest BCUT2D eigenvalue weighted by Gasteiger charge is -2.04. The SMILES string of the molecule is CSC(=Nc1ccccc1)NC(=O)c1ccco1. The van der Waals surface area contributed by atoms with Gasteiger partial charge < -0.3 is 4.42 Å². The number of para-hydroxylation sites is 1. The summed E-state index contributed by atoms with van der Waals surface area (Å²) in [5, 5.41) is 3.23. The predicted molar refractivity (Wildman–Crippen MR) is 73.2 cm³/mol. The van der Waals surface area contributed by atoms with Gasteiger partial charge in [-0.15, -0.1) is 0 Å². The number of amidine groups is 1. The first-order valence-electron chi connectivity index (χ1n) is 5.32. The van der Waals surface area contributed by atoms with Crippen LogP contribution in [-0.4, -0.2) is 17.3 Å². The van der Waals surface area contributed by atoms with E-state index in [0.29, 0.717) is 5.17 Å². The molecule has 1 aromatic carbocycles. The Morgan fingerprint density at radius 3 is 2.61 bits per heavy atom. The molecule has 0 atom stereocenters. The molecule has 0 aliphatic rings. The van der Waals surface area contributed by atoms with Gasteiger partial charge in [0.15, 0.2) is 10.9 Å². The van der Waals surface area contributed by atoms with Crippen LogP contribution in [0.3, 0.4) is 0 Å². The van der Waals surface area contributed by atoms with Crippen LogP contribution < -0.4 is 5.32 Å². The van der Waals surface area contributed by atoms with Crippen molar-refractivity contribution < 1.29 is 9.21 Å². The van der Waals surface area contributed by atoms with Gasteiger partial charge in [-0.25, -0.2) is 4.99 Å². The van der Waals surface area contributed by atoms with Crippen molar-refractivity contribution in [2.75, 3.05) is 6.26 Å². The Morgan fingerprint density at radius 2 is 2.00 bits per heavy atom. The molecule has 0 bridgehead atoms. The van der Waals surface area contributed by atoms with Gasteiger partial charge in [0.05, 0.1) is 12.0 Å². The number of hydrogen-bond donors (Lipinski definition) is 1. The number of aliphatic imine (C=N–C) groups is 1. The van der Waals surface area contributed by atoms with E-state index in [1.165, 1.54) is 18.0 Å². The van der Waals surface area contributed by atoms with Crippen molar-refractivity contribution in [3.63, 3.8) is 0 Å². The highest BCUT2D eigenvalue weighted by atomic mass is 32.2. The van der Waals surface area contributed by atoms with Gasteiger partial charge in [0, 0.05) is 0 Å². The minimum absolute atomic E-state index is 0.268. The van der Waals surface area contributed by atoms with E-state index in [0.717, 1.165) is 5.69 Å². The van der Waals surface area contributed by atoms with E-state index >= 15 is 0 Å². The monoisotopic (exact) mass is 260 g/mol. The zero-order valence-electron chi connectivity index (χ0n) is 9.79. The first-order chi connectivity index (χ1) is 8.79. The van der Waals surface area contributed by atoms with E-state index in [4.69, 9.17) is 4.42 Å². The molecule has 1 N–H and O–H groups in total. The summed E-state index contributed by atoms with van der Waals surface area (Å²) in [6, 6.07) is 12.7. The van der Waals surface area contributed by atoms with Crippen molar-refractivity contribution in [1.82, 2.24) is 5.32 Å². The Kier molecular flexibility index (Phi) is 4.20. The number of carbonyl (C=O) groups excluding carboxylic acids is 1. The predicted octanol–water partition coefficient (Wildman–Crippen LogP) is 3.06. The summed E-state index contributed by atoms with van der Waals surface area (Å²) >= 11 is 1.37. The van der Waals surface area contributed by atoms with Crippen LogP contribution in [0.2, 0.25) is 0 Å². The van der Waals surface area contributed by atoms with Crippen LogP contribution >= 0.6 is 11.8 Å². The molecule has 0 unspecified atom stereocenters. The molecule has 0 aliphatic carbocycles. The summed E-state index contributed by atoms with van der Waals surface area (Å²) in [5.41, 5.74) is 0.793. The van der Waals surface area contributed by atoms with Gasteiger partial charge in [0.25, 0.3) is 5.91 Å². The first kappa shape index (κ1) is 12.4. The minimum atomic E-state index is -0.302. The van der Waals surface area contributed by atoms with Gasteiger partial charge >= 0.3 is 0 Å². The summed E-state index contributed by atoms with van der Waals surface area (Å²) < 4.78 is 5.01. The fraction of sp³-hybridized carbons (Fsp3) is 0.0769. The van der Waals surface area contributed by atoms with E-state index in [2.05, 4.69) is 10.3 Å². The van der Waals surface area contributed by atoms with Crippen LogP contribution in [-0.2, 0) is 0 Å². The summed E-state index contributed by atoms with van der Waals surface area (Å²) in [5.74, 6) is -0.0335. The molecule has 92 valence electrons. The van der Waals surface area contributed by atoms with Gasteiger partial charge in [-0.2, -0.15) is 0 Å². The standard InChI is InChI=1S/C13H12N2O2S/c1-18-13(14-10-6-3-2-4-7-10)15-12(16)11-8-5-9-17-11/h2-9H,1H3,(H,14,15,16). The van der Waals surface area contributed by atoms with Crippen molar-refractivity contribution >= 4 is 28.5 Å². The molecule has 2 aromatic rings. The van der Waals surface area contributed by atoms with Crippen molar-refractivity contribution in [2.45, 2.75) is 0 Å². The Bertz CT molecular complexity index is 535. The molecular formula is C13H12N2O2S. The van der Waals surface area contributed by atoms with Crippen LogP contribution in [0.25, 0.3) is 0 Å². The van der Waals surface area contributed by atoms with E-state index in [-0.39, 0.29) is 11.7 Å². The average molecular weight is 260 g/mol. The molecule has 0 aliphatic heterocycles. The molecule has 1 amide bonds. The third-order valence-electron chi connectivity index (χ3n) is 2.15.